The number of hydrogen-bond donors (Lipinski definition) is 1. The molecule has 0 unspecified atom stereocenters. The van der Waals surface area contributed by atoms with Gasteiger partial charge in [0.1, 0.15) is 0 Å². The Bertz CT molecular complexity index is 655. The number of aromatic amines is 1. The van der Waals surface area contributed by atoms with E-state index >= 15 is 0 Å². The Balaban J connectivity index is 1.50. The summed E-state index contributed by atoms with van der Waals surface area (Å²) in [6, 6.07) is 12.5. The molecule has 0 bridgehead atoms. The maximum absolute atomic E-state index is 11.3. The predicted octanol–water partition coefficient (Wildman–Crippen LogP) is 2.00. The molecular formula is C18H23N3O. The Morgan fingerprint density at radius 3 is 2.09 bits per heavy atom. The first-order chi connectivity index (χ1) is 10.7. The molecule has 4 heteroatoms. The minimum Gasteiger partial charge on any atom is -0.329 e. The fourth-order valence-corrected chi connectivity index (χ4v) is 2.90. The molecule has 1 saturated heterocycles. The van der Waals surface area contributed by atoms with Gasteiger partial charge in [-0.2, -0.15) is 0 Å². The van der Waals surface area contributed by atoms with Gasteiger partial charge in [-0.1, -0.05) is 29.8 Å². The Labute approximate surface area is 131 Å². The van der Waals surface area contributed by atoms with Gasteiger partial charge in [0.25, 0.3) is 0 Å². The van der Waals surface area contributed by atoms with E-state index in [-0.39, 0.29) is 5.56 Å². The van der Waals surface area contributed by atoms with Crippen LogP contribution in [0.3, 0.4) is 0 Å². The van der Waals surface area contributed by atoms with E-state index in [1.165, 1.54) is 11.1 Å². The van der Waals surface area contributed by atoms with Crippen molar-refractivity contribution in [3.05, 3.63) is 69.6 Å². The molecule has 1 aliphatic heterocycles. The third kappa shape index (κ3) is 4.06. The molecule has 22 heavy (non-hydrogen) atoms. The highest BCUT2D eigenvalue weighted by molar-refractivity contribution is 5.21. The Morgan fingerprint density at radius 1 is 0.909 bits per heavy atom. The van der Waals surface area contributed by atoms with E-state index in [9.17, 15) is 4.79 Å². The minimum atomic E-state index is -0.0180. The largest absolute Gasteiger partial charge is 0.329 e. The zero-order valence-electron chi connectivity index (χ0n) is 13.1. The highest BCUT2D eigenvalue weighted by Crippen LogP contribution is 2.11. The van der Waals surface area contributed by atoms with Crippen LogP contribution >= 0.6 is 0 Å². The predicted molar refractivity (Wildman–Crippen MR) is 88.8 cm³/mol. The summed E-state index contributed by atoms with van der Waals surface area (Å²) in [5, 5.41) is 0. The third-order valence-electron chi connectivity index (χ3n) is 4.24. The number of pyridine rings is 1. The number of aromatic nitrogens is 1. The molecule has 0 aliphatic carbocycles. The van der Waals surface area contributed by atoms with Crippen molar-refractivity contribution in [1.82, 2.24) is 14.8 Å². The highest BCUT2D eigenvalue weighted by atomic mass is 16.1. The summed E-state index contributed by atoms with van der Waals surface area (Å²) in [6.07, 6.45) is 1.73. The molecular weight excluding hydrogens is 274 g/mol. The molecule has 116 valence electrons. The SMILES string of the molecule is Cc1ccc(CN2CCN(Cc3cc[nH]c(=O)c3)CC2)cc1. The Hall–Kier alpha value is -1.91. The molecule has 1 aromatic heterocycles. The van der Waals surface area contributed by atoms with Crippen LogP contribution in [-0.4, -0.2) is 41.0 Å². The molecule has 1 aliphatic rings. The average Bonchev–Trinajstić information content (AvgIpc) is 2.52. The summed E-state index contributed by atoms with van der Waals surface area (Å²) >= 11 is 0. The van der Waals surface area contributed by atoms with Crippen LogP contribution in [0, 0.1) is 6.92 Å². The van der Waals surface area contributed by atoms with E-state index in [1.807, 2.05) is 6.07 Å². The van der Waals surface area contributed by atoms with Gasteiger partial charge in [0.05, 0.1) is 0 Å². The van der Waals surface area contributed by atoms with Crippen molar-refractivity contribution in [2.75, 3.05) is 26.2 Å². The van der Waals surface area contributed by atoms with E-state index in [0.29, 0.717) is 0 Å². The number of rotatable bonds is 4. The van der Waals surface area contributed by atoms with Crippen molar-refractivity contribution in [3.8, 4) is 0 Å². The van der Waals surface area contributed by atoms with Crippen LogP contribution in [0.4, 0.5) is 0 Å². The van der Waals surface area contributed by atoms with Crippen molar-refractivity contribution in [3.63, 3.8) is 0 Å². The van der Waals surface area contributed by atoms with Crippen molar-refractivity contribution in [2.45, 2.75) is 20.0 Å². The lowest BCUT2D eigenvalue weighted by atomic mass is 10.1. The number of nitrogens with zero attached hydrogens (tertiary/aromatic N) is 2. The zero-order chi connectivity index (χ0) is 15.4. The first-order valence-corrected chi connectivity index (χ1v) is 7.87. The van der Waals surface area contributed by atoms with Crippen LogP contribution in [0.25, 0.3) is 0 Å². The maximum Gasteiger partial charge on any atom is 0.248 e. The van der Waals surface area contributed by atoms with Gasteiger partial charge in [-0.15, -0.1) is 0 Å². The highest BCUT2D eigenvalue weighted by Gasteiger charge is 2.17. The molecule has 4 nitrogen and oxygen atoms in total. The van der Waals surface area contributed by atoms with Gasteiger partial charge in [0.15, 0.2) is 0 Å². The topological polar surface area (TPSA) is 39.3 Å². The second-order valence-corrected chi connectivity index (χ2v) is 6.10. The molecule has 0 amide bonds. The smallest absolute Gasteiger partial charge is 0.248 e. The van der Waals surface area contributed by atoms with Crippen LogP contribution in [-0.2, 0) is 13.1 Å². The molecule has 2 aromatic rings. The number of H-pyrrole nitrogens is 1. The standard InChI is InChI=1S/C18H23N3O/c1-15-2-4-16(5-3-15)13-20-8-10-21(11-9-20)14-17-6-7-19-18(22)12-17/h2-7,12H,8-11,13-14H2,1H3,(H,19,22). The second-order valence-electron chi connectivity index (χ2n) is 6.10. The molecule has 1 N–H and O–H groups in total. The van der Waals surface area contributed by atoms with Gasteiger partial charge in [0.2, 0.25) is 5.56 Å². The maximum atomic E-state index is 11.3. The number of hydrogen-bond acceptors (Lipinski definition) is 3. The minimum absolute atomic E-state index is 0.0180. The van der Waals surface area contributed by atoms with Crippen LogP contribution in [0.5, 0.6) is 0 Å². The molecule has 0 spiro atoms. The molecule has 3 rings (SSSR count). The normalized spacial score (nSPS) is 16.8. The van der Waals surface area contributed by atoms with Crippen molar-refractivity contribution < 1.29 is 0 Å². The van der Waals surface area contributed by atoms with Crippen LogP contribution in [0.15, 0.2) is 47.4 Å². The fraction of sp³-hybridized carbons (Fsp3) is 0.389. The summed E-state index contributed by atoms with van der Waals surface area (Å²) < 4.78 is 0. The van der Waals surface area contributed by atoms with Gasteiger partial charge in [0, 0.05) is 51.5 Å². The van der Waals surface area contributed by atoms with Crippen molar-refractivity contribution in [2.24, 2.45) is 0 Å². The lowest BCUT2D eigenvalue weighted by molar-refractivity contribution is 0.122. The molecule has 0 atom stereocenters. The number of piperazine rings is 1. The summed E-state index contributed by atoms with van der Waals surface area (Å²) in [4.78, 5) is 18.9. The van der Waals surface area contributed by atoms with Gasteiger partial charge in [-0.3, -0.25) is 14.6 Å². The van der Waals surface area contributed by atoms with Gasteiger partial charge in [-0.25, -0.2) is 0 Å². The zero-order valence-corrected chi connectivity index (χ0v) is 13.1. The van der Waals surface area contributed by atoms with E-state index in [1.54, 1.807) is 12.3 Å². The summed E-state index contributed by atoms with van der Waals surface area (Å²) in [6.45, 7) is 8.28. The van der Waals surface area contributed by atoms with Gasteiger partial charge in [-0.05, 0) is 24.1 Å². The van der Waals surface area contributed by atoms with Crippen molar-refractivity contribution in [1.29, 1.82) is 0 Å². The summed E-state index contributed by atoms with van der Waals surface area (Å²) in [5.41, 5.74) is 3.77. The number of nitrogens with one attached hydrogen (secondary N) is 1. The second kappa shape index (κ2) is 6.90. The van der Waals surface area contributed by atoms with Gasteiger partial charge < -0.3 is 4.98 Å². The molecule has 1 aromatic carbocycles. The molecule has 1 fully saturated rings. The van der Waals surface area contributed by atoms with Gasteiger partial charge >= 0.3 is 0 Å². The number of aryl methyl sites for hydroxylation is 1. The van der Waals surface area contributed by atoms with Crippen LogP contribution in [0.1, 0.15) is 16.7 Å². The lowest BCUT2D eigenvalue weighted by Gasteiger charge is -2.34. The van der Waals surface area contributed by atoms with E-state index < -0.39 is 0 Å². The average molecular weight is 297 g/mol. The first kappa shape index (κ1) is 15.0. The molecule has 2 heterocycles. The monoisotopic (exact) mass is 297 g/mol. The molecule has 0 radical (unpaired) electrons. The van der Waals surface area contributed by atoms with Crippen molar-refractivity contribution >= 4 is 0 Å². The quantitative estimate of drug-likeness (QED) is 0.938. The Morgan fingerprint density at radius 2 is 1.50 bits per heavy atom. The Kier molecular flexibility index (Phi) is 4.71. The number of benzene rings is 1. The fourth-order valence-electron chi connectivity index (χ4n) is 2.90. The van der Waals surface area contributed by atoms with Crippen LogP contribution < -0.4 is 5.56 Å². The summed E-state index contributed by atoms with van der Waals surface area (Å²) in [7, 11) is 0. The summed E-state index contributed by atoms with van der Waals surface area (Å²) in [5.74, 6) is 0. The van der Waals surface area contributed by atoms with E-state index in [0.717, 1.165) is 44.8 Å². The first-order valence-electron chi connectivity index (χ1n) is 7.87. The van der Waals surface area contributed by atoms with Crippen LogP contribution in [0.2, 0.25) is 0 Å². The lowest BCUT2D eigenvalue weighted by Crippen LogP contribution is -2.45. The molecule has 0 saturated carbocycles. The van der Waals surface area contributed by atoms with E-state index in [4.69, 9.17) is 0 Å². The third-order valence-corrected chi connectivity index (χ3v) is 4.24. The van der Waals surface area contributed by atoms with E-state index in [2.05, 4.69) is 46.0 Å².